The highest BCUT2D eigenvalue weighted by Gasteiger charge is 2.32. The molecule has 8 heteroatoms. The summed E-state index contributed by atoms with van der Waals surface area (Å²) in [7, 11) is 2.12. The molecule has 1 fully saturated rings. The molecule has 0 radical (unpaired) electrons. The zero-order valence-corrected chi connectivity index (χ0v) is 25.5. The standard InChI is InChI=1S/C36H42N4O4/c1-3-37-36(42)39-23-30-8-4-5-10-33(30)27-15-17-29(18-16-27)35-43-32(24-40(2)21-19-31-9-6-7-20-38-31)22-34(44-35)28-13-11-26(25-41)12-14-28/h4-18,20,32,34-35,41H,3,19,21-25H2,1-2H3,(H2,37,39,42). The number of amides is 2. The number of nitrogens with one attached hydrogen (secondary N) is 2. The van der Waals surface area contributed by atoms with Crippen molar-refractivity contribution < 1.29 is 19.4 Å². The first-order chi connectivity index (χ1) is 21.5. The summed E-state index contributed by atoms with van der Waals surface area (Å²) in [6.45, 7) is 4.57. The predicted octanol–water partition coefficient (Wildman–Crippen LogP) is 5.78. The Hall–Kier alpha value is -4.08. The van der Waals surface area contributed by atoms with Crippen LogP contribution in [0, 0.1) is 0 Å². The third kappa shape index (κ3) is 8.51. The van der Waals surface area contributed by atoms with Crippen LogP contribution in [0.1, 0.15) is 53.7 Å². The average molecular weight is 595 g/mol. The molecule has 3 aromatic carbocycles. The molecular formula is C36H42N4O4. The number of aromatic nitrogens is 1. The van der Waals surface area contributed by atoms with Crippen LogP contribution in [0.15, 0.2) is 97.2 Å². The lowest BCUT2D eigenvalue weighted by Crippen LogP contribution is -2.38. The van der Waals surface area contributed by atoms with Gasteiger partial charge in [-0.25, -0.2) is 4.79 Å². The number of benzene rings is 3. The molecule has 2 amide bonds. The number of urea groups is 1. The van der Waals surface area contributed by atoms with E-state index in [1.54, 1.807) is 0 Å². The Morgan fingerprint density at radius 1 is 0.932 bits per heavy atom. The fourth-order valence-corrected chi connectivity index (χ4v) is 5.50. The smallest absolute Gasteiger partial charge is 0.315 e. The molecule has 0 spiro atoms. The molecule has 0 aliphatic carbocycles. The van der Waals surface area contributed by atoms with Gasteiger partial charge < -0.3 is 30.1 Å². The van der Waals surface area contributed by atoms with Crippen molar-refractivity contribution in [1.82, 2.24) is 20.5 Å². The van der Waals surface area contributed by atoms with Crippen LogP contribution in [0.2, 0.25) is 0 Å². The van der Waals surface area contributed by atoms with Crippen LogP contribution in [0.25, 0.3) is 11.1 Å². The van der Waals surface area contributed by atoms with Crippen LogP contribution >= 0.6 is 0 Å². The van der Waals surface area contributed by atoms with Crippen LogP contribution in [0.3, 0.4) is 0 Å². The second kappa shape index (κ2) is 15.6. The molecule has 3 unspecified atom stereocenters. The van der Waals surface area contributed by atoms with Crippen LogP contribution in [-0.2, 0) is 29.0 Å². The quantitative estimate of drug-likeness (QED) is 0.193. The Balaban J connectivity index is 1.31. The molecule has 44 heavy (non-hydrogen) atoms. The number of nitrogens with zero attached hydrogens (tertiary/aromatic N) is 2. The lowest BCUT2D eigenvalue weighted by Gasteiger charge is -2.38. The van der Waals surface area contributed by atoms with Gasteiger partial charge in [0.15, 0.2) is 6.29 Å². The topological polar surface area (TPSA) is 96.0 Å². The molecule has 230 valence electrons. The number of rotatable bonds is 12. The van der Waals surface area contributed by atoms with Crippen molar-refractivity contribution in [2.75, 3.05) is 26.7 Å². The molecule has 0 saturated carbocycles. The van der Waals surface area contributed by atoms with Gasteiger partial charge in [0.1, 0.15) is 0 Å². The largest absolute Gasteiger partial charge is 0.392 e. The highest BCUT2D eigenvalue weighted by molar-refractivity contribution is 5.74. The SMILES string of the molecule is CCNC(=O)NCc1ccccc1-c1ccc(C2OC(CN(C)CCc3ccccn3)CC(c3ccc(CO)cc3)O2)cc1. The summed E-state index contributed by atoms with van der Waals surface area (Å²) in [4.78, 5) is 18.7. The monoisotopic (exact) mass is 594 g/mol. The summed E-state index contributed by atoms with van der Waals surface area (Å²) in [5.74, 6) is 0. The number of likely N-dealkylation sites (N-methyl/N-ethyl adjacent to an activating group) is 1. The van der Waals surface area contributed by atoms with E-state index in [0.29, 0.717) is 13.1 Å². The normalized spacial score (nSPS) is 18.2. The summed E-state index contributed by atoms with van der Waals surface area (Å²) >= 11 is 0. The molecule has 3 atom stereocenters. The molecule has 4 aromatic rings. The number of aliphatic hydroxyl groups is 1. The van der Waals surface area contributed by atoms with E-state index in [0.717, 1.165) is 65.0 Å². The van der Waals surface area contributed by atoms with E-state index in [1.165, 1.54) is 0 Å². The minimum absolute atomic E-state index is 0.0126. The van der Waals surface area contributed by atoms with E-state index in [4.69, 9.17) is 9.47 Å². The number of ether oxygens (including phenoxy) is 2. The molecule has 2 heterocycles. The van der Waals surface area contributed by atoms with E-state index in [-0.39, 0.29) is 24.8 Å². The molecule has 1 aliphatic heterocycles. The Bertz CT molecular complexity index is 1460. The predicted molar refractivity (Wildman–Crippen MR) is 172 cm³/mol. The van der Waals surface area contributed by atoms with Crippen LogP contribution in [-0.4, -0.2) is 53.8 Å². The van der Waals surface area contributed by atoms with Crippen molar-refractivity contribution in [3.8, 4) is 11.1 Å². The molecule has 3 N–H and O–H groups in total. The zero-order chi connectivity index (χ0) is 30.7. The molecule has 1 aliphatic rings. The number of hydrogen-bond donors (Lipinski definition) is 3. The van der Waals surface area contributed by atoms with Gasteiger partial charge >= 0.3 is 6.03 Å². The van der Waals surface area contributed by atoms with Gasteiger partial charge in [0, 0.05) is 56.5 Å². The van der Waals surface area contributed by atoms with E-state index in [9.17, 15) is 9.90 Å². The van der Waals surface area contributed by atoms with Crippen molar-refractivity contribution in [2.45, 2.75) is 51.4 Å². The first-order valence-electron chi connectivity index (χ1n) is 15.3. The Labute approximate surface area is 260 Å². The zero-order valence-electron chi connectivity index (χ0n) is 25.5. The maximum Gasteiger partial charge on any atom is 0.315 e. The fraction of sp³-hybridized carbons (Fsp3) is 0.333. The second-order valence-corrected chi connectivity index (χ2v) is 11.2. The van der Waals surface area contributed by atoms with Crippen molar-refractivity contribution in [3.63, 3.8) is 0 Å². The van der Waals surface area contributed by atoms with Gasteiger partial charge in [0.05, 0.1) is 18.8 Å². The highest BCUT2D eigenvalue weighted by Crippen LogP contribution is 2.38. The summed E-state index contributed by atoms with van der Waals surface area (Å²) in [6.07, 6.45) is 2.73. The Kier molecular flexibility index (Phi) is 11.1. The minimum atomic E-state index is -0.524. The Morgan fingerprint density at radius 3 is 2.41 bits per heavy atom. The van der Waals surface area contributed by atoms with Crippen LogP contribution in [0.4, 0.5) is 4.79 Å². The van der Waals surface area contributed by atoms with Crippen molar-refractivity contribution in [2.24, 2.45) is 0 Å². The molecular weight excluding hydrogens is 552 g/mol. The molecule has 0 bridgehead atoms. The second-order valence-electron chi connectivity index (χ2n) is 11.2. The fourth-order valence-electron chi connectivity index (χ4n) is 5.50. The third-order valence-corrected chi connectivity index (χ3v) is 7.89. The number of carbonyl (C=O) groups excluding carboxylic acids is 1. The van der Waals surface area contributed by atoms with E-state index >= 15 is 0 Å². The van der Waals surface area contributed by atoms with Crippen molar-refractivity contribution in [3.05, 3.63) is 125 Å². The number of pyridine rings is 1. The van der Waals surface area contributed by atoms with E-state index in [1.807, 2.05) is 67.7 Å². The first kappa shape index (κ1) is 31.3. The summed E-state index contributed by atoms with van der Waals surface area (Å²) in [5.41, 5.74) is 7.13. The summed E-state index contributed by atoms with van der Waals surface area (Å²) < 4.78 is 13.1. The van der Waals surface area contributed by atoms with E-state index < -0.39 is 6.29 Å². The number of hydrogen-bond acceptors (Lipinski definition) is 6. The van der Waals surface area contributed by atoms with Crippen molar-refractivity contribution >= 4 is 6.03 Å². The van der Waals surface area contributed by atoms with Crippen LogP contribution < -0.4 is 10.6 Å². The maximum atomic E-state index is 12.0. The minimum Gasteiger partial charge on any atom is -0.392 e. The lowest BCUT2D eigenvalue weighted by molar-refractivity contribution is -0.252. The molecule has 5 rings (SSSR count). The van der Waals surface area contributed by atoms with Crippen LogP contribution in [0.5, 0.6) is 0 Å². The lowest BCUT2D eigenvalue weighted by atomic mass is 9.97. The summed E-state index contributed by atoms with van der Waals surface area (Å²) in [5, 5.41) is 15.2. The van der Waals surface area contributed by atoms with Gasteiger partial charge in [-0.1, -0.05) is 78.9 Å². The first-order valence-corrected chi connectivity index (χ1v) is 15.3. The Morgan fingerprint density at radius 2 is 1.68 bits per heavy atom. The summed E-state index contributed by atoms with van der Waals surface area (Å²) in [6, 6.07) is 30.2. The van der Waals surface area contributed by atoms with Crippen molar-refractivity contribution in [1.29, 1.82) is 0 Å². The molecule has 1 saturated heterocycles. The van der Waals surface area contributed by atoms with Gasteiger partial charge in [0.25, 0.3) is 0 Å². The number of carbonyl (C=O) groups is 1. The van der Waals surface area contributed by atoms with Gasteiger partial charge in [0.2, 0.25) is 0 Å². The van der Waals surface area contributed by atoms with Gasteiger partial charge in [-0.2, -0.15) is 0 Å². The van der Waals surface area contributed by atoms with Gasteiger partial charge in [-0.3, -0.25) is 4.98 Å². The highest BCUT2D eigenvalue weighted by atomic mass is 16.7. The third-order valence-electron chi connectivity index (χ3n) is 7.89. The average Bonchev–Trinajstić information content (AvgIpc) is 3.07. The molecule has 8 nitrogen and oxygen atoms in total. The maximum absolute atomic E-state index is 12.0. The van der Waals surface area contributed by atoms with Gasteiger partial charge in [-0.05, 0) is 53.9 Å². The van der Waals surface area contributed by atoms with E-state index in [2.05, 4.69) is 64.0 Å². The van der Waals surface area contributed by atoms with Gasteiger partial charge in [-0.15, -0.1) is 0 Å². The molecule has 1 aromatic heterocycles. The number of aliphatic hydroxyl groups excluding tert-OH is 1.